The molecule has 3 rings (SSSR count). The molecule has 1 aliphatic heterocycles. The van der Waals surface area contributed by atoms with Gasteiger partial charge in [-0.05, 0) is 29.2 Å². The minimum atomic E-state index is -0.157. The predicted molar refractivity (Wildman–Crippen MR) is 85.9 cm³/mol. The van der Waals surface area contributed by atoms with Crippen LogP contribution in [0, 0.1) is 0 Å². The lowest BCUT2D eigenvalue weighted by Gasteiger charge is -2.25. The van der Waals surface area contributed by atoms with Crippen LogP contribution in [0.3, 0.4) is 0 Å². The third kappa shape index (κ3) is 3.13. The Morgan fingerprint density at radius 2 is 1.86 bits per heavy atom. The summed E-state index contributed by atoms with van der Waals surface area (Å²) in [6.07, 6.45) is 1.03. The van der Waals surface area contributed by atoms with Gasteiger partial charge in [0.15, 0.2) is 5.78 Å². The van der Waals surface area contributed by atoms with Gasteiger partial charge in [0.2, 0.25) is 0 Å². The molecule has 2 aromatic rings. The van der Waals surface area contributed by atoms with Crippen LogP contribution >= 0.6 is 23.2 Å². The summed E-state index contributed by atoms with van der Waals surface area (Å²) >= 11 is 12.1. The highest BCUT2D eigenvalue weighted by Crippen LogP contribution is 2.26. The molecule has 0 radical (unpaired) electrons. The molecule has 0 aliphatic carbocycles. The van der Waals surface area contributed by atoms with Gasteiger partial charge in [0.25, 0.3) is 0 Å². The number of benzene rings is 2. The lowest BCUT2D eigenvalue weighted by Crippen LogP contribution is -2.42. The van der Waals surface area contributed by atoms with Crippen LogP contribution in [-0.4, -0.2) is 11.8 Å². The molecular formula is C17H15Cl2NO. The largest absolute Gasteiger partial charge is 0.303 e. The highest BCUT2D eigenvalue weighted by Gasteiger charge is 2.24. The Kier molecular flexibility index (Phi) is 4.29. The van der Waals surface area contributed by atoms with E-state index in [1.807, 2.05) is 24.3 Å². The first-order valence-electron chi connectivity index (χ1n) is 6.91. The topological polar surface area (TPSA) is 29.1 Å². The molecule has 108 valence electrons. The second-order valence-electron chi connectivity index (χ2n) is 5.26. The molecule has 1 heterocycles. The summed E-state index contributed by atoms with van der Waals surface area (Å²) in [6.45, 7) is 0.732. The summed E-state index contributed by atoms with van der Waals surface area (Å²) in [5.74, 6) is 0.147. The third-order valence-corrected chi connectivity index (χ3v) is 4.72. The average molecular weight is 320 g/mol. The van der Waals surface area contributed by atoms with Crippen molar-refractivity contribution < 1.29 is 4.79 Å². The second-order valence-corrected chi connectivity index (χ2v) is 6.05. The van der Waals surface area contributed by atoms with Gasteiger partial charge in [-0.3, -0.25) is 4.79 Å². The summed E-state index contributed by atoms with van der Waals surface area (Å²) < 4.78 is 0. The molecule has 0 bridgehead atoms. The summed E-state index contributed by atoms with van der Waals surface area (Å²) in [6, 6.07) is 13.5. The van der Waals surface area contributed by atoms with Gasteiger partial charge in [0, 0.05) is 13.0 Å². The maximum atomic E-state index is 12.5. The highest BCUT2D eigenvalue weighted by atomic mass is 35.5. The molecule has 2 aromatic carbocycles. The van der Waals surface area contributed by atoms with Crippen LogP contribution in [0.2, 0.25) is 10.0 Å². The standard InChI is InChI=1S/C17H15Cl2NO/c18-14-7-3-6-12(17(14)19)9-16(21)15-8-11-4-1-2-5-13(11)10-20-15/h1-7,15,20H,8-10H2. The monoisotopic (exact) mass is 319 g/mol. The van der Waals surface area contributed by atoms with E-state index in [-0.39, 0.29) is 11.8 Å². The fourth-order valence-electron chi connectivity index (χ4n) is 2.68. The van der Waals surface area contributed by atoms with Gasteiger partial charge in [-0.25, -0.2) is 0 Å². The molecule has 1 N–H and O–H groups in total. The number of carbonyl (C=O) groups excluding carboxylic acids is 1. The zero-order valence-electron chi connectivity index (χ0n) is 11.4. The molecule has 21 heavy (non-hydrogen) atoms. The van der Waals surface area contributed by atoms with Gasteiger partial charge >= 0.3 is 0 Å². The summed E-state index contributed by atoms with van der Waals surface area (Å²) in [5, 5.41) is 4.27. The number of fused-ring (bicyclic) bond motifs is 1. The summed E-state index contributed by atoms with van der Waals surface area (Å²) in [5.41, 5.74) is 3.30. The molecule has 4 heteroatoms. The van der Waals surface area contributed by atoms with E-state index in [0.717, 1.165) is 18.5 Å². The molecule has 0 aromatic heterocycles. The van der Waals surface area contributed by atoms with Crippen molar-refractivity contribution in [1.29, 1.82) is 0 Å². The smallest absolute Gasteiger partial charge is 0.154 e. The Hall–Kier alpha value is -1.35. The molecule has 0 saturated heterocycles. The zero-order chi connectivity index (χ0) is 14.8. The molecule has 1 aliphatic rings. The summed E-state index contributed by atoms with van der Waals surface area (Å²) in [4.78, 5) is 12.5. The predicted octanol–water partition coefficient (Wildman–Crippen LogP) is 3.82. The number of carbonyl (C=O) groups is 1. The molecule has 0 spiro atoms. The minimum absolute atomic E-state index is 0.147. The van der Waals surface area contributed by atoms with Crippen molar-refractivity contribution in [3.8, 4) is 0 Å². The number of halogens is 2. The Morgan fingerprint density at radius 1 is 1.10 bits per heavy atom. The van der Waals surface area contributed by atoms with E-state index in [2.05, 4.69) is 17.4 Å². The quantitative estimate of drug-likeness (QED) is 0.931. The second kappa shape index (κ2) is 6.18. The molecule has 0 fully saturated rings. The minimum Gasteiger partial charge on any atom is -0.303 e. The van der Waals surface area contributed by atoms with Crippen LogP contribution in [0.4, 0.5) is 0 Å². The number of nitrogens with one attached hydrogen (secondary N) is 1. The van der Waals surface area contributed by atoms with Gasteiger partial charge in [-0.15, -0.1) is 0 Å². The van der Waals surface area contributed by atoms with Gasteiger partial charge in [0.05, 0.1) is 16.1 Å². The Bertz CT molecular complexity index is 684. The SMILES string of the molecule is O=C(Cc1cccc(Cl)c1Cl)C1Cc2ccccc2CN1. The van der Waals surface area contributed by atoms with E-state index in [9.17, 15) is 4.79 Å². The van der Waals surface area contributed by atoms with Crippen molar-refractivity contribution in [3.05, 3.63) is 69.2 Å². The third-order valence-electron chi connectivity index (χ3n) is 3.87. The maximum absolute atomic E-state index is 12.5. The molecule has 0 saturated carbocycles. The van der Waals surface area contributed by atoms with E-state index in [4.69, 9.17) is 23.2 Å². The lowest BCUT2D eigenvalue weighted by molar-refractivity contribution is -0.120. The van der Waals surface area contributed by atoms with Crippen LogP contribution in [0.15, 0.2) is 42.5 Å². The number of ketones is 1. The molecule has 2 nitrogen and oxygen atoms in total. The number of rotatable bonds is 3. The van der Waals surface area contributed by atoms with Crippen molar-refractivity contribution in [2.75, 3.05) is 0 Å². The van der Waals surface area contributed by atoms with E-state index in [1.165, 1.54) is 11.1 Å². The van der Waals surface area contributed by atoms with Gasteiger partial charge in [0.1, 0.15) is 0 Å². The fraction of sp³-hybridized carbons (Fsp3) is 0.235. The maximum Gasteiger partial charge on any atom is 0.154 e. The van der Waals surface area contributed by atoms with Gasteiger partial charge in [-0.2, -0.15) is 0 Å². The number of hydrogen-bond donors (Lipinski definition) is 1. The average Bonchev–Trinajstić information content (AvgIpc) is 2.51. The van der Waals surface area contributed by atoms with E-state index < -0.39 is 0 Å². The zero-order valence-corrected chi connectivity index (χ0v) is 12.9. The van der Waals surface area contributed by atoms with E-state index in [1.54, 1.807) is 6.07 Å². The van der Waals surface area contributed by atoms with Crippen molar-refractivity contribution in [1.82, 2.24) is 5.32 Å². The van der Waals surface area contributed by atoms with Crippen LogP contribution in [0.5, 0.6) is 0 Å². The Labute approximate surface area is 134 Å². The van der Waals surface area contributed by atoms with Crippen LogP contribution < -0.4 is 5.32 Å². The van der Waals surface area contributed by atoms with E-state index in [0.29, 0.717) is 16.5 Å². The number of hydrogen-bond acceptors (Lipinski definition) is 2. The molecule has 0 amide bonds. The lowest BCUT2D eigenvalue weighted by atomic mass is 9.91. The Morgan fingerprint density at radius 3 is 2.67 bits per heavy atom. The van der Waals surface area contributed by atoms with Crippen LogP contribution in [0.1, 0.15) is 16.7 Å². The first kappa shape index (κ1) is 14.6. The molecular weight excluding hydrogens is 305 g/mol. The van der Waals surface area contributed by atoms with Crippen LogP contribution in [-0.2, 0) is 24.2 Å². The molecule has 1 unspecified atom stereocenters. The van der Waals surface area contributed by atoms with Crippen molar-refractivity contribution in [2.24, 2.45) is 0 Å². The van der Waals surface area contributed by atoms with Crippen LogP contribution in [0.25, 0.3) is 0 Å². The fourth-order valence-corrected chi connectivity index (χ4v) is 3.06. The first-order valence-corrected chi connectivity index (χ1v) is 7.66. The Balaban J connectivity index is 1.74. The van der Waals surface area contributed by atoms with E-state index >= 15 is 0 Å². The first-order chi connectivity index (χ1) is 10.1. The highest BCUT2D eigenvalue weighted by molar-refractivity contribution is 6.42. The van der Waals surface area contributed by atoms with Crippen molar-refractivity contribution in [2.45, 2.75) is 25.4 Å². The summed E-state index contributed by atoms with van der Waals surface area (Å²) in [7, 11) is 0. The number of Topliss-reactive ketones (excluding diaryl/α,β-unsaturated/α-hetero) is 1. The van der Waals surface area contributed by atoms with Crippen molar-refractivity contribution >= 4 is 29.0 Å². The van der Waals surface area contributed by atoms with Crippen molar-refractivity contribution in [3.63, 3.8) is 0 Å². The van der Waals surface area contributed by atoms with Gasteiger partial charge in [-0.1, -0.05) is 59.6 Å². The molecule has 1 atom stereocenters. The van der Waals surface area contributed by atoms with Gasteiger partial charge < -0.3 is 5.32 Å². The normalized spacial score (nSPS) is 17.3.